The Hall–Kier alpha value is -2.35. The van der Waals surface area contributed by atoms with E-state index in [2.05, 4.69) is 25.5 Å². The first kappa shape index (κ1) is 20.0. The third-order valence-corrected chi connectivity index (χ3v) is 4.46. The van der Waals surface area contributed by atoms with Gasteiger partial charge in [0.1, 0.15) is 5.82 Å². The van der Waals surface area contributed by atoms with Crippen LogP contribution in [-0.4, -0.2) is 56.7 Å². The molecule has 0 aliphatic carbocycles. The molecule has 0 saturated carbocycles. The summed E-state index contributed by atoms with van der Waals surface area (Å²) in [4.78, 5) is 22.5. The Labute approximate surface area is 155 Å². The van der Waals surface area contributed by atoms with Crippen LogP contribution in [0.2, 0.25) is 0 Å². The fourth-order valence-electron chi connectivity index (χ4n) is 3.15. The number of carbonyl (C=O) groups is 1. The van der Waals surface area contributed by atoms with Gasteiger partial charge in [0.2, 0.25) is 5.91 Å². The number of hydrogen-bond acceptors (Lipinski definition) is 5. The van der Waals surface area contributed by atoms with E-state index in [-0.39, 0.29) is 17.9 Å². The summed E-state index contributed by atoms with van der Waals surface area (Å²) in [6, 6.07) is 4.10. The highest BCUT2D eigenvalue weighted by Crippen LogP contribution is 2.24. The van der Waals surface area contributed by atoms with Crippen LogP contribution < -0.4 is 21.3 Å². The maximum atomic E-state index is 11.6. The molecule has 2 heterocycles. The maximum absolute atomic E-state index is 11.6. The highest BCUT2D eigenvalue weighted by molar-refractivity contribution is 5.80. The van der Waals surface area contributed by atoms with Crippen molar-refractivity contribution in [2.75, 3.05) is 38.8 Å². The van der Waals surface area contributed by atoms with E-state index in [9.17, 15) is 4.79 Å². The van der Waals surface area contributed by atoms with Crippen LogP contribution in [0.3, 0.4) is 0 Å². The van der Waals surface area contributed by atoms with Crippen LogP contribution in [0.4, 0.5) is 5.82 Å². The lowest BCUT2D eigenvalue weighted by Crippen LogP contribution is -2.44. The molecule has 8 nitrogen and oxygen atoms in total. The van der Waals surface area contributed by atoms with E-state index >= 15 is 0 Å². The minimum atomic E-state index is -0.234. The molecule has 0 spiro atoms. The lowest BCUT2D eigenvalue weighted by molar-refractivity contribution is -0.122. The Balaban J connectivity index is 2.03. The molecule has 0 aromatic carbocycles. The van der Waals surface area contributed by atoms with E-state index in [0.29, 0.717) is 25.7 Å². The number of primary amides is 1. The SMILES string of the molecule is CN=C(NCc1cccnc1N1CCCC(C(N)=O)C1)NC(C)COC. The maximum Gasteiger partial charge on any atom is 0.222 e. The van der Waals surface area contributed by atoms with Gasteiger partial charge in [-0.2, -0.15) is 0 Å². The fraction of sp³-hybridized carbons (Fsp3) is 0.611. The Morgan fingerprint density at radius 2 is 2.38 bits per heavy atom. The number of carbonyl (C=O) groups excluding carboxylic acids is 1. The lowest BCUT2D eigenvalue weighted by Gasteiger charge is -2.33. The second kappa shape index (κ2) is 9.96. The molecule has 1 aromatic heterocycles. The minimum Gasteiger partial charge on any atom is -0.383 e. The molecule has 0 bridgehead atoms. The number of nitrogens with one attached hydrogen (secondary N) is 2. The number of rotatable bonds is 7. The summed E-state index contributed by atoms with van der Waals surface area (Å²) >= 11 is 0. The van der Waals surface area contributed by atoms with Gasteiger partial charge in [0.15, 0.2) is 5.96 Å². The van der Waals surface area contributed by atoms with E-state index in [0.717, 1.165) is 30.8 Å². The molecule has 1 aliphatic rings. The number of ether oxygens (including phenoxy) is 1. The molecule has 1 saturated heterocycles. The van der Waals surface area contributed by atoms with E-state index in [1.165, 1.54) is 0 Å². The van der Waals surface area contributed by atoms with Gasteiger partial charge in [-0.1, -0.05) is 6.07 Å². The number of guanidine groups is 1. The molecule has 2 rings (SSSR count). The highest BCUT2D eigenvalue weighted by atomic mass is 16.5. The zero-order chi connectivity index (χ0) is 18.9. The summed E-state index contributed by atoms with van der Waals surface area (Å²) in [6.45, 7) is 4.72. The summed E-state index contributed by atoms with van der Waals surface area (Å²) in [7, 11) is 3.41. The fourth-order valence-corrected chi connectivity index (χ4v) is 3.15. The van der Waals surface area contributed by atoms with Crippen LogP contribution in [0.5, 0.6) is 0 Å². The van der Waals surface area contributed by atoms with Gasteiger partial charge in [0, 0.05) is 51.6 Å². The number of methoxy groups -OCH3 is 1. The topological polar surface area (TPSA) is 105 Å². The van der Waals surface area contributed by atoms with Crippen molar-refractivity contribution in [1.29, 1.82) is 0 Å². The van der Waals surface area contributed by atoms with E-state index in [1.807, 2.05) is 19.1 Å². The Morgan fingerprint density at radius 3 is 3.08 bits per heavy atom. The summed E-state index contributed by atoms with van der Waals surface area (Å²) in [5.74, 6) is 1.25. The number of aliphatic imine (C=N–C) groups is 1. The minimum absolute atomic E-state index is 0.115. The summed E-state index contributed by atoms with van der Waals surface area (Å²) < 4.78 is 5.14. The third kappa shape index (κ3) is 5.59. The molecule has 1 amide bonds. The Morgan fingerprint density at radius 1 is 1.58 bits per heavy atom. The number of pyridine rings is 1. The normalized spacial score (nSPS) is 19.1. The second-order valence-corrected chi connectivity index (χ2v) is 6.60. The van der Waals surface area contributed by atoms with Gasteiger partial charge in [-0.25, -0.2) is 4.98 Å². The molecule has 1 aliphatic heterocycles. The van der Waals surface area contributed by atoms with Crippen LogP contribution in [0, 0.1) is 5.92 Å². The van der Waals surface area contributed by atoms with E-state index < -0.39 is 0 Å². The number of piperidine rings is 1. The zero-order valence-corrected chi connectivity index (χ0v) is 15.9. The average Bonchev–Trinajstić information content (AvgIpc) is 2.65. The number of anilines is 1. The average molecular weight is 362 g/mol. The van der Waals surface area contributed by atoms with Crippen LogP contribution in [0.15, 0.2) is 23.3 Å². The van der Waals surface area contributed by atoms with Crippen LogP contribution in [0.25, 0.3) is 0 Å². The quantitative estimate of drug-likeness (QED) is 0.481. The number of aromatic nitrogens is 1. The number of hydrogen-bond donors (Lipinski definition) is 3. The predicted octanol–water partition coefficient (Wildman–Crippen LogP) is 0.483. The number of amides is 1. The van der Waals surface area contributed by atoms with Crippen molar-refractivity contribution in [3.05, 3.63) is 23.9 Å². The van der Waals surface area contributed by atoms with Gasteiger partial charge in [-0.05, 0) is 25.8 Å². The molecular formula is C18H30N6O2. The monoisotopic (exact) mass is 362 g/mol. The van der Waals surface area contributed by atoms with Crippen LogP contribution >= 0.6 is 0 Å². The van der Waals surface area contributed by atoms with Gasteiger partial charge in [-0.3, -0.25) is 9.79 Å². The first-order chi connectivity index (χ1) is 12.5. The first-order valence-electron chi connectivity index (χ1n) is 8.99. The second-order valence-electron chi connectivity index (χ2n) is 6.60. The zero-order valence-electron chi connectivity index (χ0n) is 15.9. The van der Waals surface area contributed by atoms with Crippen molar-refractivity contribution in [2.45, 2.75) is 32.4 Å². The van der Waals surface area contributed by atoms with Crippen molar-refractivity contribution < 1.29 is 9.53 Å². The van der Waals surface area contributed by atoms with Crippen LogP contribution in [0.1, 0.15) is 25.3 Å². The standard InChI is InChI=1S/C18H30N6O2/c1-13(12-26-3)23-18(20-2)22-10-14-6-4-8-21-17(14)24-9-5-7-15(11-24)16(19)25/h4,6,8,13,15H,5,7,9-12H2,1-3H3,(H2,19,25)(H2,20,22,23). The molecule has 1 fully saturated rings. The lowest BCUT2D eigenvalue weighted by atomic mass is 9.97. The third-order valence-electron chi connectivity index (χ3n) is 4.46. The highest BCUT2D eigenvalue weighted by Gasteiger charge is 2.25. The van der Waals surface area contributed by atoms with Gasteiger partial charge >= 0.3 is 0 Å². The summed E-state index contributed by atoms with van der Waals surface area (Å²) in [6.07, 6.45) is 3.56. The number of nitrogens with zero attached hydrogens (tertiary/aromatic N) is 3. The first-order valence-corrected chi connectivity index (χ1v) is 8.99. The summed E-state index contributed by atoms with van der Waals surface area (Å²) in [5.41, 5.74) is 6.56. The molecule has 2 unspecified atom stereocenters. The Kier molecular flexibility index (Phi) is 7.65. The van der Waals surface area contributed by atoms with Crippen LogP contribution in [-0.2, 0) is 16.1 Å². The smallest absolute Gasteiger partial charge is 0.222 e. The van der Waals surface area contributed by atoms with E-state index in [1.54, 1.807) is 20.4 Å². The van der Waals surface area contributed by atoms with Crippen molar-refractivity contribution >= 4 is 17.7 Å². The van der Waals surface area contributed by atoms with Crippen molar-refractivity contribution in [1.82, 2.24) is 15.6 Å². The molecule has 0 radical (unpaired) electrons. The largest absolute Gasteiger partial charge is 0.383 e. The Bertz CT molecular complexity index is 621. The van der Waals surface area contributed by atoms with E-state index in [4.69, 9.17) is 10.5 Å². The van der Waals surface area contributed by atoms with Crippen molar-refractivity contribution in [3.8, 4) is 0 Å². The van der Waals surface area contributed by atoms with Crippen molar-refractivity contribution in [2.24, 2.45) is 16.6 Å². The van der Waals surface area contributed by atoms with Crippen molar-refractivity contribution in [3.63, 3.8) is 0 Å². The van der Waals surface area contributed by atoms with Gasteiger partial charge in [0.05, 0.1) is 12.5 Å². The van der Waals surface area contributed by atoms with Gasteiger partial charge in [-0.15, -0.1) is 0 Å². The molecule has 1 aromatic rings. The summed E-state index contributed by atoms with van der Waals surface area (Å²) in [5, 5.41) is 6.59. The van der Waals surface area contributed by atoms with Gasteiger partial charge < -0.3 is 26.0 Å². The molecule has 4 N–H and O–H groups in total. The van der Waals surface area contributed by atoms with Gasteiger partial charge in [0.25, 0.3) is 0 Å². The molecule has 8 heteroatoms. The predicted molar refractivity (Wildman–Crippen MR) is 103 cm³/mol. The molecule has 26 heavy (non-hydrogen) atoms. The molecule has 144 valence electrons. The number of nitrogens with two attached hydrogens (primary N) is 1. The molecular weight excluding hydrogens is 332 g/mol. The molecule has 2 atom stereocenters.